The fraction of sp³-hybridized carbons (Fsp3) is 0.364. The van der Waals surface area contributed by atoms with Crippen molar-refractivity contribution in [3.8, 4) is 0 Å². The lowest BCUT2D eigenvalue weighted by Gasteiger charge is -2.01. The predicted octanol–water partition coefficient (Wildman–Crippen LogP) is 0.953. The fourth-order valence-electron chi connectivity index (χ4n) is 1.65. The molecule has 2 rings (SSSR count). The van der Waals surface area contributed by atoms with E-state index in [0.29, 0.717) is 0 Å². The van der Waals surface area contributed by atoms with Crippen LogP contribution in [0.15, 0.2) is 18.2 Å². The monoisotopic (exact) mass is 205 g/mol. The number of aryl methyl sites for hydroxylation is 1. The van der Waals surface area contributed by atoms with Crippen molar-refractivity contribution in [2.75, 3.05) is 13.3 Å². The minimum absolute atomic E-state index is 0.0331. The third kappa shape index (κ3) is 2.34. The molecule has 0 aliphatic rings. The van der Waals surface area contributed by atoms with Gasteiger partial charge >= 0.3 is 0 Å². The highest BCUT2D eigenvalue weighted by Gasteiger charge is 2.00. The molecule has 15 heavy (non-hydrogen) atoms. The maximum absolute atomic E-state index is 8.59. The summed E-state index contributed by atoms with van der Waals surface area (Å²) in [4.78, 5) is 7.55. The number of H-pyrrole nitrogens is 1. The predicted molar refractivity (Wildman–Crippen MR) is 59.6 cm³/mol. The molecule has 2 aromatic rings. The second-order valence-electron chi connectivity index (χ2n) is 3.58. The maximum atomic E-state index is 8.59. The molecule has 3 N–H and O–H groups in total. The highest BCUT2D eigenvalue weighted by molar-refractivity contribution is 5.75. The Morgan fingerprint density at radius 1 is 1.47 bits per heavy atom. The van der Waals surface area contributed by atoms with E-state index >= 15 is 0 Å². The molecule has 0 aliphatic heterocycles. The second-order valence-corrected chi connectivity index (χ2v) is 3.58. The van der Waals surface area contributed by atoms with Crippen molar-refractivity contribution in [2.45, 2.75) is 13.3 Å². The van der Waals surface area contributed by atoms with Gasteiger partial charge in [-0.1, -0.05) is 6.07 Å². The average Bonchev–Trinajstić information content (AvgIpc) is 2.57. The standard InChI is InChI=1S/C11H15N3O/c1-8-13-10-3-2-9(4-5-12-7-15)6-11(10)14-8/h2-3,6,12,15H,4-5,7H2,1H3,(H,13,14). The molecule has 0 amide bonds. The smallest absolute Gasteiger partial charge is 0.104 e. The van der Waals surface area contributed by atoms with Crippen molar-refractivity contribution in [1.82, 2.24) is 15.3 Å². The Morgan fingerprint density at radius 3 is 3.13 bits per heavy atom. The van der Waals surface area contributed by atoms with E-state index < -0.39 is 0 Å². The Kier molecular flexibility index (Phi) is 2.99. The lowest BCUT2D eigenvalue weighted by Crippen LogP contribution is -2.17. The molecule has 0 spiro atoms. The molecule has 0 fully saturated rings. The molecule has 1 aromatic heterocycles. The summed E-state index contributed by atoms with van der Waals surface area (Å²) in [5.41, 5.74) is 3.33. The maximum Gasteiger partial charge on any atom is 0.104 e. The third-order valence-electron chi connectivity index (χ3n) is 2.37. The first kappa shape index (κ1) is 10.1. The van der Waals surface area contributed by atoms with E-state index in [1.54, 1.807) is 0 Å². The quantitative estimate of drug-likeness (QED) is 0.514. The molecular formula is C11H15N3O. The van der Waals surface area contributed by atoms with E-state index in [2.05, 4.69) is 27.4 Å². The molecule has 0 saturated heterocycles. The van der Waals surface area contributed by atoms with Crippen LogP contribution in [0, 0.1) is 6.92 Å². The van der Waals surface area contributed by atoms with Crippen LogP contribution in [0.3, 0.4) is 0 Å². The van der Waals surface area contributed by atoms with Gasteiger partial charge in [0.15, 0.2) is 0 Å². The largest absolute Gasteiger partial charge is 0.381 e. The molecule has 1 heterocycles. The van der Waals surface area contributed by atoms with Crippen LogP contribution in [0.1, 0.15) is 11.4 Å². The van der Waals surface area contributed by atoms with Gasteiger partial charge in [-0.15, -0.1) is 0 Å². The summed E-state index contributed by atoms with van der Waals surface area (Å²) in [6, 6.07) is 6.20. The van der Waals surface area contributed by atoms with Crippen molar-refractivity contribution in [3.05, 3.63) is 29.6 Å². The van der Waals surface area contributed by atoms with Crippen LogP contribution in [-0.2, 0) is 6.42 Å². The van der Waals surface area contributed by atoms with Gasteiger partial charge in [-0.3, -0.25) is 5.32 Å². The molecule has 4 nitrogen and oxygen atoms in total. The van der Waals surface area contributed by atoms with E-state index in [0.717, 1.165) is 29.8 Å². The lowest BCUT2D eigenvalue weighted by atomic mass is 10.1. The van der Waals surface area contributed by atoms with Crippen LogP contribution in [0.4, 0.5) is 0 Å². The van der Waals surface area contributed by atoms with Crippen molar-refractivity contribution >= 4 is 11.0 Å². The van der Waals surface area contributed by atoms with Gasteiger partial charge in [-0.2, -0.15) is 0 Å². The van der Waals surface area contributed by atoms with Crippen LogP contribution in [0.25, 0.3) is 11.0 Å². The van der Waals surface area contributed by atoms with E-state index in [1.807, 2.05) is 13.0 Å². The molecule has 4 heteroatoms. The number of aromatic nitrogens is 2. The number of nitrogens with one attached hydrogen (secondary N) is 2. The number of imidazole rings is 1. The lowest BCUT2D eigenvalue weighted by molar-refractivity contribution is 0.262. The fourth-order valence-corrected chi connectivity index (χ4v) is 1.65. The molecule has 1 aromatic carbocycles. The molecule has 0 radical (unpaired) electrons. The number of nitrogens with zero attached hydrogens (tertiary/aromatic N) is 1. The second kappa shape index (κ2) is 4.42. The first-order valence-electron chi connectivity index (χ1n) is 5.06. The summed E-state index contributed by atoms with van der Waals surface area (Å²) in [5.74, 6) is 0.940. The summed E-state index contributed by atoms with van der Waals surface area (Å²) in [7, 11) is 0. The summed E-state index contributed by atoms with van der Waals surface area (Å²) in [6.07, 6.45) is 0.911. The van der Waals surface area contributed by atoms with Gasteiger partial charge in [-0.25, -0.2) is 4.98 Å². The van der Waals surface area contributed by atoms with Gasteiger partial charge in [0.1, 0.15) is 5.82 Å². The molecule has 0 bridgehead atoms. The van der Waals surface area contributed by atoms with Crippen molar-refractivity contribution in [1.29, 1.82) is 0 Å². The summed E-state index contributed by atoms with van der Waals surface area (Å²) >= 11 is 0. The van der Waals surface area contributed by atoms with Gasteiger partial charge in [0.05, 0.1) is 17.8 Å². The van der Waals surface area contributed by atoms with Crippen molar-refractivity contribution in [3.63, 3.8) is 0 Å². The molecule has 0 unspecified atom stereocenters. The summed E-state index contributed by atoms with van der Waals surface area (Å²) in [6.45, 7) is 2.77. The van der Waals surface area contributed by atoms with Gasteiger partial charge in [0, 0.05) is 6.54 Å². The van der Waals surface area contributed by atoms with Gasteiger partial charge < -0.3 is 10.1 Å². The Bertz CT molecular complexity index is 450. The van der Waals surface area contributed by atoms with E-state index in [1.165, 1.54) is 5.56 Å². The van der Waals surface area contributed by atoms with Gasteiger partial charge in [-0.05, 0) is 31.0 Å². The Labute approximate surface area is 88.3 Å². The number of fused-ring (bicyclic) bond motifs is 1. The molecule has 0 saturated carbocycles. The van der Waals surface area contributed by atoms with E-state index in [9.17, 15) is 0 Å². The minimum atomic E-state index is 0.0331. The number of aliphatic hydroxyl groups is 1. The van der Waals surface area contributed by atoms with Crippen molar-refractivity contribution in [2.24, 2.45) is 0 Å². The Hall–Kier alpha value is -1.39. The molecule has 0 atom stereocenters. The average molecular weight is 205 g/mol. The number of benzene rings is 1. The number of hydrogen-bond donors (Lipinski definition) is 3. The van der Waals surface area contributed by atoms with Crippen LogP contribution < -0.4 is 5.32 Å². The van der Waals surface area contributed by atoms with Crippen LogP contribution in [0.2, 0.25) is 0 Å². The Morgan fingerprint density at radius 2 is 2.33 bits per heavy atom. The zero-order chi connectivity index (χ0) is 10.7. The van der Waals surface area contributed by atoms with Crippen LogP contribution in [0.5, 0.6) is 0 Å². The molecule has 80 valence electrons. The number of aliphatic hydroxyl groups excluding tert-OH is 1. The van der Waals surface area contributed by atoms with E-state index in [4.69, 9.17) is 5.11 Å². The number of hydrogen-bond acceptors (Lipinski definition) is 3. The first-order valence-corrected chi connectivity index (χ1v) is 5.06. The summed E-state index contributed by atoms with van der Waals surface area (Å²) in [5, 5.41) is 11.5. The minimum Gasteiger partial charge on any atom is -0.381 e. The van der Waals surface area contributed by atoms with E-state index in [-0.39, 0.29) is 6.73 Å². The summed E-state index contributed by atoms with van der Waals surface area (Å²) < 4.78 is 0. The highest BCUT2D eigenvalue weighted by Crippen LogP contribution is 2.13. The van der Waals surface area contributed by atoms with Crippen molar-refractivity contribution < 1.29 is 5.11 Å². The molecule has 0 aliphatic carbocycles. The van der Waals surface area contributed by atoms with Crippen LogP contribution >= 0.6 is 0 Å². The van der Waals surface area contributed by atoms with Gasteiger partial charge in [0.2, 0.25) is 0 Å². The molecular weight excluding hydrogens is 190 g/mol. The topological polar surface area (TPSA) is 60.9 Å². The Balaban J connectivity index is 2.15. The third-order valence-corrected chi connectivity index (χ3v) is 2.37. The zero-order valence-corrected chi connectivity index (χ0v) is 8.75. The normalized spacial score (nSPS) is 11.1. The first-order chi connectivity index (χ1) is 7.29. The zero-order valence-electron chi connectivity index (χ0n) is 8.75. The number of rotatable bonds is 4. The SMILES string of the molecule is Cc1nc2ccc(CCNCO)cc2[nH]1. The number of aromatic amines is 1. The van der Waals surface area contributed by atoms with Gasteiger partial charge in [0.25, 0.3) is 0 Å². The van der Waals surface area contributed by atoms with Crippen LogP contribution in [-0.4, -0.2) is 28.4 Å². The highest BCUT2D eigenvalue weighted by atomic mass is 16.3.